The van der Waals surface area contributed by atoms with Crippen molar-refractivity contribution in [1.29, 1.82) is 0 Å². The highest BCUT2D eigenvalue weighted by Crippen LogP contribution is 2.44. The molecule has 2 atom stereocenters. The van der Waals surface area contributed by atoms with E-state index in [1.165, 1.54) is 24.5 Å². The molecule has 4 rings (SSSR count). The third-order valence-electron chi connectivity index (χ3n) is 5.33. The lowest BCUT2D eigenvalue weighted by molar-refractivity contribution is 0.305. The topological polar surface area (TPSA) is 85.6 Å². The average Bonchev–Trinajstić information content (AvgIpc) is 3.17. The average molecular weight is 361 g/mol. The molecule has 25 heavy (non-hydrogen) atoms. The number of fused-ring (bicyclic) bond motifs is 3. The number of hydrogen-bond acceptors (Lipinski definition) is 6. The van der Waals surface area contributed by atoms with E-state index in [0.29, 0.717) is 24.2 Å². The maximum Gasteiger partial charge on any atom is 0.332 e. The van der Waals surface area contributed by atoms with Crippen LogP contribution in [0.3, 0.4) is 0 Å². The Labute approximate surface area is 150 Å². The van der Waals surface area contributed by atoms with Gasteiger partial charge in [-0.25, -0.2) is 4.79 Å². The van der Waals surface area contributed by atoms with Crippen LogP contribution in [0.25, 0.3) is 5.70 Å². The second kappa shape index (κ2) is 6.09. The first-order valence-corrected chi connectivity index (χ1v) is 9.76. The van der Waals surface area contributed by atoms with Gasteiger partial charge >= 0.3 is 5.69 Å². The lowest BCUT2D eigenvalue weighted by atomic mass is 9.90. The molecule has 3 aliphatic rings. The molecule has 134 valence electrons. The Kier molecular flexibility index (Phi) is 4.02. The molecule has 0 bridgehead atoms. The van der Waals surface area contributed by atoms with Crippen LogP contribution in [0.2, 0.25) is 0 Å². The van der Waals surface area contributed by atoms with Gasteiger partial charge in [-0.15, -0.1) is 0 Å². The second-order valence-corrected chi connectivity index (χ2v) is 7.72. The van der Waals surface area contributed by atoms with Gasteiger partial charge in [0, 0.05) is 19.0 Å². The Balaban J connectivity index is 1.84. The predicted octanol–water partition coefficient (Wildman–Crippen LogP) is 1.57. The zero-order valence-corrected chi connectivity index (χ0v) is 15.4. The van der Waals surface area contributed by atoms with Crippen LogP contribution in [-0.2, 0) is 13.6 Å². The van der Waals surface area contributed by atoms with Crippen molar-refractivity contribution in [1.82, 2.24) is 14.0 Å². The molecule has 0 amide bonds. The van der Waals surface area contributed by atoms with Gasteiger partial charge in [-0.3, -0.25) is 18.9 Å². The predicted molar refractivity (Wildman–Crippen MR) is 102 cm³/mol. The van der Waals surface area contributed by atoms with E-state index in [9.17, 15) is 9.59 Å². The van der Waals surface area contributed by atoms with Crippen LogP contribution in [0.4, 0.5) is 5.82 Å². The maximum atomic E-state index is 12.9. The monoisotopic (exact) mass is 361 g/mol. The summed E-state index contributed by atoms with van der Waals surface area (Å²) in [5, 5.41) is 2.92. The molecule has 1 saturated carbocycles. The maximum absolute atomic E-state index is 12.9. The number of aromatic nitrogens is 2. The van der Waals surface area contributed by atoms with Crippen LogP contribution in [0.15, 0.2) is 20.0 Å². The molecular formula is C17H23N5O2S. The van der Waals surface area contributed by atoms with Crippen LogP contribution in [0.5, 0.6) is 0 Å². The summed E-state index contributed by atoms with van der Waals surface area (Å²) in [5.41, 5.74) is 6.85. The van der Waals surface area contributed by atoms with Crippen molar-refractivity contribution in [2.24, 2.45) is 12.0 Å². The van der Waals surface area contributed by atoms with Crippen LogP contribution in [0, 0.1) is 0 Å². The summed E-state index contributed by atoms with van der Waals surface area (Å²) in [6, 6.07) is 0.618. The minimum atomic E-state index is -0.356. The zero-order valence-electron chi connectivity index (χ0n) is 14.6. The van der Waals surface area contributed by atoms with Crippen molar-refractivity contribution in [3.8, 4) is 0 Å². The molecule has 0 aromatic carbocycles. The van der Waals surface area contributed by atoms with Crippen LogP contribution < -0.4 is 17.0 Å². The SMILES string of the molecule is CCCn1c(N)c(C2=CSC3=N[C@@H]4CCCC[C@H]4N23)c(=O)n(C)c1=O. The van der Waals surface area contributed by atoms with Gasteiger partial charge < -0.3 is 10.6 Å². The molecule has 2 aliphatic heterocycles. The third kappa shape index (κ3) is 2.38. The summed E-state index contributed by atoms with van der Waals surface area (Å²) in [7, 11) is 1.52. The molecule has 3 heterocycles. The van der Waals surface area contributed by atoms with E-state index in [-0.39, 0.29) is 17.1 Å². The first-order chi connectivity index (χ1) is 12.0. The number of hydrogen-bond donors (Lipinski definition) is 1. The number of nitrogens with two attached hydrogens (primary N) is 1. The summed E-state index contributed by atoms with van der Waals surface area (Å²) < 4.78 is 2.67. The van der Waals surface area contributed by atoms with Crippen molar-refractivity contribution in [3.63, 3.8) is 0 Å². The summed E-state index contributed by atoms with van der Waals surface area (Å²) in [6.45, 7) is 2.48. The van der Waals surface area contributed by atoms with Gasteiger partial charge in [0.1, 0.15) is 11.4 Å². The minimum absolute atomic E-state index is 0.266. The van der Waals surface area contributed by atoms with E-state index < -0.39 is 0 Å². The van der Waals surface area contributed by atoms with Crippen molar-refractivity contribution in [2.45, 2.75) is 57.7 Å². The van der Waals surface area contributed by atoms with Gasteiger partial charge in [0.15, 0.2) is 5.17 Å². The Morgan fingerprint density at radius 1 is 1.32 bits per heavy atom. The molecule has 1 fully saturated rings. The van der Waals surface area contributed by atoms with E-state index in [2.05, 4.69) is 4.90 Å². The zero-order chi connectivity index (χ0) is 17.7. The van der Waals surface area contributed by atoms with E-state index >= 15 is 0 Å². The van der Waals surface area contributed by atoms with E-state index in [0.717, 1.165) is 34.7 Å². The summed E-state index contributed by atoms with van der Waals surface area (Å²) in [4.78, 5) is 32.3. The van der Waals surface area contributed by atoms with Gasteiger partial charge in [-0.1, -0.05) is 31.5 Å². The van der Waals surface area contributed by atoms with Crippen molar-refractivity contribution in [3.05, 3.63) is 31.8 Å². The number of thioether (sulfide) groups is 1. The lowest BCUT2D eigenvalue weighted by Crippen LogP contribution is -2.44. The second-order valence-electron chi connectivity index (χ2n) is 6.88. The number of anilines is 1. The molecular weight excluding hydrogens is 338 g/mol. The molecule has 8 heteroatoms. The van der Waals surface area contributed by atoms with Gasteiger partial charge in [0.2, 0.25) is 0 Å². The summed E-state index contributed by atoms with van der Waals surface area (Å²) >= 11 is 1.55. The highest BCUT2D eigenvalue weighted by molar-refractivity contribution is 8.16. The normalized spacial score (nSPS) is 24.8. The van der Waals surface area contributed by atoms with Gasteiger partial charge in [-0.05, 0) is 19.3 Å². The molecule has 1 aliphatic carbocycles. The smallest absolute Gasteiger partial charge is 0.332 e. The Hall–Kier alpha value is -1.96. The molecule has 7 nitrogen and oxygen atoms in total. The van der Waals surface area contributed by atoms with E-state index in [4.69, 9.17) is 10.7 Å². The first kappa shape index (κ1) is 16.5. The highest BCUT2D eigenvalue weighted by atomic mass is 32.2. The molecule has 0 radical (unpaired) electrons. The summed E-state index contributed by atoms with van der Waals surface area (Å²) in [5.74, 6) is 0.266. The fourth-order valence-corrected chi connectivity index (χ4v) is 5.06. The van der Waals surface area contributed by atoms with Crippen molar-refractivity contribution < 1.29 is 0 Å². The van der Waals surface area contributed by atoms with Gasteiger partial charge in [0.05, 0.1) is 17.8 Å². The highest BCUT2D eigenvalue weighted by Gasteiger charge is 2.43. The number of nitrogen functional groups attached to an aromatic ring is 1. The fraction of sp³-hybridized carbons (Fsp3) is 0.588. The molecule has 2 N–H and O–H groups in total. The number of nitrogens with zero attached hydrogens (tertiary/aromatic N) is 4. The fourth-order valence-electron chi connectivity index (χ4n) is 4.07. The van der Waals surface area contributed by atoms with Gasteiger partial charge in [0.25, 0.3) is 5.56 Å². The minimum Gasteiger partial charge on any atom is -0.384 e. The van der Waals surface area contributed by atoms with Crippen LogP contribution >= 0.6 is 11.8 Å². The molecule has 1 aromatic rings. The Morgan fingerprint density at radius 2 is 2.08 bits per heavy atom. The number of amidine groups is 1. The van der Waals surface area contributed by atoms with Crippen molar-refractivity contribution >= 4 is 28.4 Å². The van der Waals surface area contributed by atoms with Crippen molar-refractivity contribution in [2.75, 3.05) is 5.73 Å². The lowest BCUT2D eigenvalue weighted by Gasteiger charge is -2.32. The molecule has 0 saturated heterocycles. The van der Waals surface area contributed by atoms with Gasteiger partial charge in [-0.2, -0.15) is 0 Å². The Morgan fingerprint density at radius 3 is 2.84 bits per heavy atom. The summed E-state index contributed by atoms with van der Waals surface area (Å²) in [6.07, 6.45) is 5.34. The van der Waals surface area contributed by atoms with Crippen LogP contribution in [0.1, 0.15) is 44.6 Å². The molecule has 1 aromatic heterocycles. The Bertz CT molecular complexity index is 898. The standard InChI is InChI=1S/C17H23N5O2S/c1-3-8-21-14(18)13(15(23)20(2)17(21)24)12-9-25-16-19-10-6-4-5-7-11(10)22(12)16/h9-11H,3-8,18H2,1-2H3/t10-,11-/m1/s1. The first-order valence-electron chi connectivity index (χ1n) is 8.88. The third-order valence-corrected chi connectivity index (χ3v) is 6.18. The largest absolute Gasteiger partial charge is 0.384 e. The number of rotatable bonds is 3. The van der Waals surface area contributed by atoms with E-state index in [1.807, 2.05) is 12.3 Å². The molecule has 0 unspecified atom stereocenters. The number of aliphatic imine (C=N–C) groups is 1. The van der Waals surface area contributed by atoms with Crippen LogP contribution in [-0.4, -0.2) is 31.3 Å². The molecule has 0 spiro atoms. The van der Waals surface area contributed by atoms with E-state index in [1.54, 1.807) is 11.8 Å². The quantitative estimate of drug-likeness (QED) is 0.883.